The van der Waals surface area contributed by atoms with Crippen LogP contribution in [0.3, 0.4) is 0 Å². The monoisotopic (exact) mass is 255 g/mol. The van der Waals surface area contributed by atoms with Crippen LogP contribution in [0.25, 0.3) is 0 Å². The highest BCUT2D eigenvalue weighted by atomic mass is 19.2. The fourth-order valence-corrected chi connectivity index (χ4v) is 2.57. The van der Waals surface area contributed by atoms with Crippen LogP contribution in [0.2, 0.25) is 0 Å². The molecule has 18 heavy (non-hydrogen) atoms. The molecule has 3 atom stereocenters. The Bertz CT molecular complexity index is 411. The van der Waals surface area contributed by atoms with Gasteiger partial charge < -0.3 is 10.4 Å². The molecule has 0 aliphatic carbocycles. The summed E-state index contributed by atoms with van der Waals surface area (Å²) >= 11 is 0. The van der Waals surface area contributed by atoms with E-state index < -0.39 is 17.7 Å². The Balaban J connectivity index is 2.02. The lowest BCUT2D eigenvalue weighted by Crippen LogP contribution is -2.38. The molecule has 1 heterocycles. The van der Waals surface area contributed by atoms with Gasteiger partial charge in [0.15, 0.2) is 11.6 Å². The van der Waals surface area contributed by atoms with Crippen molar-refractivity contribution in [3.63, 3.8) is 0 Å². The summed E-state index contributed by atoms with van der Waals surface area (Å²) in [7, 11) is 0. The van der Waals surface area contributed by atoms with Crippen molar-refractivity contribution < 1.29 is 13.9 Å². The maximum absolute atomic E-state index is 13.5. The lowest BCUT2D eigenvalue weighted by atomic mass is 9.90. The second kappa shape index (κ2) is 5.76. The van der Waals surface area contributed by atoms with Gasteiger partial charge in [0.25, 0.3) is 0 Å². The number of aliphatic hydroxyl groups excluding tert-OH is 1. The molecule has 1 aliphatic rings. The van der Waals surface area contributed by atoms with E-state index in [1.165, 1.54) is 12.1 Å². The van der Waals surface area contributed by atoms with Gasteiger partial charge in [0.2, 0.25) is 0 Å². The molecule has 1 aromatic rings. The molecule has 1 aromatic carbocycles. The van der Waals surface area contributed by atoms with Crippen molar-refractivity contribution in [3.05, 3.63) is 35.4 Å². The summed E-state index contributed by atoms with van der Waals surface area (Å²) in [5.74, 6) is -1.23. The molecule has 4 heteroatoms. The molecule has 1 aliphatic heterocycles. The van der Waals surface area contributed by atoms with Gasteiger partial charge in [0.05, 0.1) is 6.10 Å². The average molecular weight is 255 g/mol. The zero-order valence-corrected chi connectivity index (χ0v) is 10.5. The normalized spacial score (nSPS) is 26.0. The third-order valence-corrected chi connectivity index (χ3v) is 3.61. The van der Waals surface area contributed by atoms with Gasteiger partial charge in [-0.2, -0.15) is 0 Å². The molecule has 100 valence electrons. The van der Waals surface area contributed by atoms with Crippen LogP contribution < -0.4 is 5.32 Å². The molecule has 2 nitrogen and oxygen atoms in total. The smallest absolute Gasteiger partial charge is 0.164 e. The standard InChI is InChI=1S/C14H19F2NO/c1-9-5-6-17-10(7-9)8-13(18)11-3-2-4-12(15)14(11)16/h2-4,9-10,13,17-18H,5-8H2,1H3. The molecule has 0 amide bonds. The second-order valence-corrected chi connectivity index (χ2v) is 5.18. The molecule has 2 N–H and O–H groups in total. The van der Waals surface area contributed by atoms with Crippen LogP contribution in [0.1, 0.15) is 37.9 Å². The zero-order valence-electron chi connectivity index (χ0n) is 10.5. The lowest BCUT2D eigenvalue weighted by molar-refractivity contribution is 0.133. The van der Waals surface area contributed by atoms with Crippen molar-refractivity contribution in [1.82, 2.24) is 5.32 Å². The summed E-state index contributed by atoms with van der Waals surface area (Å²) in [5.41, 5.74) is 0.0510. The fraction of sp³-hybridized carbons (Fsp3) is 0.571. The Labute approximate surface area is 106 Å². The zero-order chi connectivity index (χ0) is 13.1. The molecule has 0 radical (unpaired) electrons. The first-order valence-corrected chi connectivity index (χ1v) is 6.43. The van der Waals surface area contributed by atoms with E-state index in [9.17, 15) is 13.9 Å². The maximum Gasteiger partial charge on any atom is 0.164 e. The molecular weight excluding hydrogens is 236 g/mol. The fourth-order valence-electron chi connectivity index (χ4n) is 2.57. The minimum absolute atomic E-state index is 0.0510. The predicted octanol–water partition coefficient (Wildman–Crippen LogP) is 2.78. The van der Waals surface area contributed by atoms with Gasteiger partial charge in [0.1, 0.15) is 0 Å². The first-order valence-electron chi connectivity index (χ1n) is 6.43. The summed E-state index contributed by atoms with van der Waals surface area (Å²) in [6.45, 7) is 3.09. The first kappa shape index (κ1) is 13.4. The topological polar surface area (TPSA) is 32.3 Å². The van der Waals surface area contributed by atoms with Crippen molar-refractivity contribution in [2.45, 2.75) is 38.3 Å². The molecule has 0 bridgehead atoms. The number of hydrogen-bond acceptors (Lipinski definition) is 2. The predicted molar refractivity (Wildman–Crippen MR) is 66.1 cm³/mol. The number of nitrogens with one attached hydrogen (secondary N) is 1. The summed E-state index contributed by atoms with van der Waals surface area (Å²) in [6.07, 6.45) is 1.56. The van der Waals surface area contributed by atoms with E-state index in [0.29, 0.717) is 12.3 Å². The minimum Gasteiger partial charge on any atom is -0.388 e. The molecule has 3 unspecified atom stereocenters. The van der Waals surface area contributed by atoms with Crippen LogP contribution >= 0.6 is 0 Å². The van der Waals surface area contributed by atoms with Crippen LogP contribution in [0.5, 0.6) is 0 Å². The average Bonchev–Trinajstić information content (AvgIpc) is 2.32. The van der Waals surface area contributed by atoms with Crippen LogP contribution in [0.4, 0.5) is 8.78 Å². The SMILES string of the molecule is CC1CCNC(CC(O)c2cccc(F)c2F)C1. The maximum atomic E-state index is 13.5. The number of benzene rings is 1. The van der Waals surface area contributed by atoms with Crippen LogP contribution in [0, 0.1) is 17.6 Å². The second-order valence-electron chi connectivity index (χ2n) is 5.18. The van der Waals surface area contributed by atoms with E-state index in [1.54, 1.807) is 0 Å². The Hall–Kier alpha value is -1.00. The molecule has 2 rings (SSSR count). The van der Waals surface area contributed by atoms with Gasteiger partial charge in [-0.1, -0.05) is 19.1 Å². The Morgan fingerprint density at radius 2 is 2.22 bits per heavy atom. The van der Waals surface area contributed by atoms with E-state index in [-0.39, 0.29) is 11.6 Å². The third kappa shape index (κ3) is 3.06. The van der Waals surface area contributed by atoms with Crippen molar-refractivity contribution in [2.24, 2.45) is 5.92 Å². The van der Waals surface area contributed by atoms with Crippen molar-refractivity contribution in [3.8, 4) is 0 Å². The number of halogens is 2. The van der Waals surface area contributed by atoms with Gasteiger partial charge in [-0.25, -0.2) is 8.78 Å². The Morgan fingerprint density at radius 1 is 1.44 bits per heavy atom. The van der Waals surface area contributed by atoms with E-state index in [1.807, 2.05) is 0 Å². The highest BCUT2D eigenvalue weighted by molar-refractivity contribution is 5.21. The third-order valence-electron chi connectivity index (χ3n) is 3.61. The first-order chi connectivity index (χ1) is 8.58. The van der Waals surface area contributed by atoms with Crippen molar-refractivity contribution in [1.29, 1.82) is 0 Å². The van der Waals surface area contributed by atoms with Gasteiger partial charge in [-0.3, -0.25) is 0 Å². The molecule has 0 spiro atoms. The van der Waals surface area contributed by atoms with Gasteiger partial charge in [0, 0.05) is 11.6 Å². The summed E-state index contributed by atoms with van der Waals surface area (Å²) in [4.78, 5) is 0. The molecule has 1 saturated heterocycles. The lowest BCUT2D eigenvalue weighted by Gasteiger charge is -2.29. The van der Waals surface area contributed by atoms with E-state index in [4.69, 9.17) is 0 Å². The van der Waals surface area contributed by atoms with Crippen LogP contribution in [0.15, 0.2) is 18.2 Å². The summed E-state index contributed by atoms with van der Waals surface area (Å²) < 4.78 is 26.6. The number of hydrogen-bond donors (Lipinski definition) is 2. The molecule has 0 saturated carbocycles. The highest BCUT2D eigenvalue weighted by Gasteiger charge is 2.23. The van der Waals surface area contributed by atoms with E-state index >= 15 is 0 Å². The van der Waals surface area contributed by atoms with Gasteiger partial charge in [-0.15, -0.1) is 0 Å². The Kier molecular flexibility index (Phi) is 4.30. The van der Waals surface area contributed by atoms with Gasteiger partial charge in [-0.05, 0) is 37.8 Å². The largest absolute Gasteiger partial charge is 0.388 e. The van der Waals surface area contributed by atoms with Gasteiger partial charge >= 0.3 is 0 Å². The quantitative estimate of drug-likeness (QED) is 0.870. The highest BCUT2D eigenvalue weighted by Crippen LogP contribution is 2.26. The van der Waals surface area contributed by atoms with Crippen LogP contribution in [-0.4, -0.2) is 17.7 Å². The van der Waals surface area contributed by atoms with E-state index in [0.717, 1.165) is 25.5 Å². The molecular formula is C14H19F2NO. The number of piperidine rings is 1. The number of aliphatic hydroxyl groups is 1. The number of rotatable bonds is 3. The molecule has 0 aromatic heterocycles. The minimum atomic E-state index is -0.955. The van der Waals surface area contributed by atoms with Crippen molar-refractivity contribution >= 4 is 0 Å². The Morgan fingerprint density at radius 3 is 2.94 bits per heavy atom. The summed E-state index contributed by atoms with van der Waals surface area (Å²) in [5, 5.41) is 13.3. The van der Waals surface area contributed by atoms with E-state index in [2.05, 4.69) is 12.2 Å². The summed E-state index contributed by atoms with van der Waals surface area (Å²) in [6, 6.07) is 4.10. The van der Waals surface area contributed by atoms with Crippen LogP contribution in [-0.2, 0) is 0 Å². The van der Waals surface area contributed by atoms with Crippen molar-refractivity contribution in [2.75, 3.05) is 6.54 Å². The molecule has 1 fully saturated rings.